The van der Waals surface area contributed by atoms with E-state index in [1.54, 1.807) is 0 Å². The maximum Gasteiger partial charge on any atom is 0.152 e. The quantitative estimate of drug-likeness (QED) is 0.537. The highest BCUT2D eigenvalue weighted by Gasteiger charge is 2.06. The number of hydrogen-bond donors (Lipinski definition) is 1. The van der Waals surface area contributed by atoms with Crippen molar-refractivity contribution in [3.63, 3.8) is 0 Å². The first-order chi connectivity index (χ1) is 6.22. The minimum absolute atomic E-state index is 0.285. The van der Waals surface area contributed by atoms with Gasteiger partial charge in [0.15, 0.2) is 6.29 Å². The number of rotatable bonds is 2. The molecule has 0 saturated carbocycles. The van der Waals surface area contributed by atoms with Crippen LogP contribution in [0.3, 0.4) is 0 Å². The van der Waals surface area contributed by atoms with Crippen molar-refractivity contribution in [1.29, 1.82) is 5.26 Å². The molecule has 66 valence electrons. The van der Waals surface area contributed by atoms with Gasteiger partial charge in [0.05, 0.1) is 12.7 Å². The molecular weight excluding hydrogens is 168 g/mol. The second-order valence-corrected chi connectivity index (χ2v) is 2.41. The number of carbonyl (C=O) groups excluding carboxylic acids is 1. The second kappa shape index (κ2) is 3.59. The van der Waals surface area contributed by atoms with Crippen LogP contribution in [0.25, 0.3) is 0 Å². The molecule has 1 aromatic carbocycles. The van der Waals surface area contributed by atoms with Gasteiger partial charge in [-0.15, -0.1) is 0 Å². The molecule has 0 radical (unpaired) electrons. The second-order valence-electron chi connectivity index (χ2n) is 2.41. The van der Waals surface area contributed by atoms with Crippen molar-refractivity contribution >= 4 is 12.0 Å². The van der Waals surface area contributed by atoms with Crippen LogP contribution in [0.5, 0.6) is 5.75 Å². The number of ether oxygens (including phenoxy) is 1. The highest BCUT2D eigenvalue weighted by atomic mass is 16.5. The molecule has 0 aliphatic rings. The van der Waals surface area contributed by atoms with Crippen LogP contribution < -0.4 is 10.5 Å². The fourth-order valence-corrected chi connectivity index (χ4v) is 0.971. The summed E-state index contributed by atoms with van der Waals surface area (Å²) in [5.74, 6) is 0.360. The topological polar surface area (TPSA) is 76.1 Å². The van der Waals surface area contributed by atoms with E-state index < -0.39 is 0 Å². The summed E-state index contributed by atoms with van der Waals surface area (Å²) in [5.41, 5.74) is 6.43. The van der Waals surface area contributed by atoms with Crippen LogP contribution in [0.1, 0.15) is 15.9 Å². The molecule has 2 N–H and O–H groups in total. The van der Waals surface area contributed by atoms with Crippen LogP contribution in [0.15, 0.2) is 12.1 Å². The van der Waals surface area contributed by atoms with E-state index in [4.69, 9.17) is 15.7 Å². The smallest absolute Gasteiger partial charge is 0.152 e. The van der Waals surface area contributed by atoms with E-state index in [1.807, 2.05) is 6.07 Å². The van der Waals surface area contributed by atoms with Gasteiger partial charge < -0.3 is 10.5 Å². The molecule has 0 spiro atoms. The van der Waals surface area contributed by atoms with E-state index in [0.29, 0.717) is 23.2 Å². The van der Waals surface area contributed by atoms with Gasteiger partial charge in [-0.2, -0.15) is 5.26 Å². The number of nitrogen functional groups attached to an aromatic ring is 1. The first-order valence-corrected chi connectivity index (χ1v) is 3.55. The standard InChI is InChI=1S/C9H8N2O2/c1-13-9-3-7(5-12)8(11)2-6(9)4-10/h2-3,5H,11H2,1H3. The Morgan fingerprint density at radius 2 is 2.31 bits per heavy atom. The average molecular weight is 176 g/mol. The van der Waals surface area contributed by atoms with Crippen molar-refractivity contribution in [3.05, 3.63) is 23.3 Å². The normalized spacial score (nSPS) is 8.92. The number of carbonyl (C=O) groups is 1. The fraction of sp³-hybridized carbons (Fsp3) is 0.111. The molecule has 0 amide bonds. The number of aldehydes is 1. The monoisotopic (exact) mass is 176 g/mol. The molecule has 4 heteroatoms. The van der Waals surface area contributed by atoms with Crippen molar-refractivity contribution in [2.75, 3.05) is 12.8 Å². The van der Waals surface area contributed by atoms with Gasteiger partial charge in [-0.3, -0.25) is 4.79 Å². The van der Waals surface area contributed by atoms with Gasteiger partial charge in [0.2, 0.25) is 0 Å². The zero-order valence-corrected chi connectivity index (χ0v) is 7.07. The lowest BCUT2D eigenvalue weighted by molar-refractivity contribution is 0.112. The molecule has 1 rings (SSSR count). The van der Waals surface area contributed by atoms with Gasteiger partial charge in [0.1, 0.15) is 11.8 Å². The molecule has 0 fully saturated rings. The molecular formula is C9H8N2O2. The van der Waals surface area contributed by atoms with E-state index in [0.717, 1.165) is 0 Å². The molecule has 4 nitrogen and oxygen atoms in total. The van der Waals surface area contributed by atoms with Crippen molar-refractivity contribution in [1.82, 2.24) is 0 Å². The average Bonchev–Trinajstić information content (AvgIpc) is 2.17. The summed E-state index contributed by atoms with van der Waals surface area (Å²) in [7, 11) is 1.43. The summed E-state index contributed by atoms with van der Waals surface area (Å²) in [5, 5.41) is 8.66. The van der Waals surface area contributed by atoms with Crippen molar-refractivity contribution < 1.29 is 9.53 Å². The van der Waals surface area contributed by atoms with Crippen molar-refractivity contribution in [2.45, 2.75) is 0 Å². The number of methoxy groups -OCH3 is 1. The molecule has 1 aromatic rings. The Kier molecular flexibility index (Phi) is 2.50. The summed E-state index contributed by atoms with van der Waals surface area (Å²) < 4.78 is 4.90. The minimum atomic E-state index is 0.285. The van der Waals surface area contributed by atoms with E-state index in [-0.39, 0.29) is 5.69 Å². The zero-order valence-electron chi connectivity index (χ0n) is 7.07. The summed E-state index contributed by atoms with van der Waals surface area (Å²) in [6.45, 7) is 0. The van der Waals surface area contributed by atoms with E-state index in [1.165, 1.54) is 19.2 Å². The minimum Gasteiger partial charge on any atom is -0.495 e. The van der Waals surface area contributed by atoms with Gasteiger partial charge in [0, 0.05) is 11.3 Å². The number of nitrogens with zero attached hydrogens (tertiary/aromatic N) is 1. The zero-order chi connectivity index (χ0) is 9.84. The van der Waals surface area contributed by atoms with Gasteiger partial charge in [-0.05, 0) is 12.1 Å². The van der Waals surface area contributed by atoms with Crippen LogP contribution >= 0.6 is 0 Å². The van der Waals surface area contributed by atoms with Gasteiger partial charge in [-0.25, -0.2) is 0 Å². The molecule has 0 aliphatic heterocycles. The van der Waals surface area contributed by atoms with Crippen LogP contribution in [0.2, 0.25) is 0 Å². The molecule has 0 bridgehead atoms. The predicted molar refractivity (Wildman–Crippen MR) is 47.5 cm³/mol. The number of anilines is 1. The third kappa shape index (κ3) is 1.59. The maximum atomic E-state index is 10.5. The first-order valence-electron chi connectivity index (χ1n) is 3.55. The Morgan fingerprint density at radius 3 is 2.77 bits per heavy atom. The first kappa shape index (κ1) is 9.07. The Bertz CT molecular complexity index is 380. The fourth-order valence-electron chi connectivity index (χ4n) is 0.971. The van der Waals surface area contributed by atoms with Crippen LogP contribution in [-0.4, -0.2) is 13.4 Å². The highest BCUT2D eigenvalue weighted by Crippen LogP contribution is 2.23. The Hall–Kier alpha value is -2.02. The largest absolute Gasteiger partial charge is 0.495 e. The number of benzene rings is 1. The summed E-state index contributed by atoms with van der Waals surface area (Å²) >= 11 is 0. The van der Waals surface area contributed by atoms with E-state index >= 15 is 0 Å². The molecule has 0 atom stereocenters. The lowest BCUT2D eigenvalue weighted by Gasteiger charge is -2.04. The maximum absolute atomic E-state index is 10.5. The third-order valence-corrected chi connectivity index (χ3v) is 1.65. The number of nitrogens with two attached hydrogens (primary N) is 1. The van der Waals surface area contributed by atoms with Crippen LogP contribution in [-0.2, 0) is 0 Å². The predicted octanol–water partition coefficient (Wildman–Crippen LogP) is 0.962. The molecule has 0 heterocycles. The summed E-state index contributed by atoms with van der Waals surface area (Å²) in [4.78, 5) is 10.5. The summed E-state index contributed by atoms with van der Waals surface area (Å²) in [6, 6.07) is 4.78. The Balaban J connectivity index is 3.36. The number of nitriles is 1. The molecule has 0 aromatic heterocycles. The number of hydrogen-bond acceptors (Lipinski definition) is 4. The van der Waals surface area contributed by atoms with Crippen LogP contribution in [0.4, 0.5) is 5.69 Å². The van der Waals surface area contributed by atoms with Gasteiger partial charge in [-0.1, -0.05) is 0 Å². The highest BCUT2D eigenvalue weighted by molar-refractivity contribution is 5.85. The third-order valence-electron chi connectivity index (χ3n) is 1.65. The molecule has 13 heavy (non-hydrogen) atoms. The van der Waals surface area contributed by atoms with Crippen molar-refractivity contribution in [2.24, 2.45) is 0 Å². The van der Waals surface area contributed by atoms with E-state index in [9.17, 15) is 4.79 Å². The van der Waals surface area contributed by atoms with Crippen LogP contribution in [0, 0.1) is 11.3 Å². The Labute approximate surface area is 75.5 Å². The van der Waals surface area contributed by atoms with E-state index in [2.05, 4.69) is 0 Å². The lowest BCUT2D eigenvalue weighted by atomic mass is 10.1. The lowest BCUT2D eigenvalue weighted by Crippen LogP contribution is -1.96. The summed E-state index contributed by atoms with van der Waals surface area (Å²) in [6.07, 6.45) is 0.624. The Morgan fingerprint density at radius 1 is 1.62 bits per heavy atom. The molecule has 0 unspecified atom stereocenters. The molecule has 0 aliphatic carbocycles. The van der Waals surface area contributed by atoms with Gasteiger partial charge >= 0.3 is 0 Å². The van der Waals surface area contributed by atoms with Crippen molar-refractivity contribution in [3.8, 4) is 11.8 Å². The SMILES string of the molecule is COc1cc(C=O)c(N)cc1C#N. The molecule has 0 saturated heterocycles. The van der Waals surface area contributed by atoms with Gasteiger partial charge in [0.25, 0.3) is 0 Å².